The molecule has 1 saturated carbocycles. The van der Waals surface area contributed by atoms with E-state index in [2.05, 4.69) is 66.7 Å². The van der Waals surface area contributed by atoms with Crippen LogP contribution in [-0.4, -0.2) is 11.8 Å². The molecule has 0 saturated heterocycles. The van der Waals surface area contributed by atoms with Crippen molar-refractivity contribution < 1.29 is 9.59 Å². The number of benzene rings is 5. The van der Waals surface area contributed by atoms with Crippen molar-refractivity contribution in [2.24, 2.45) is 22.8 Å². The van der Waals surface area contributed by atoms with E-state index >= 15 is 0 Å². The first kappa shape index (κ1) is 26.2. The van der Waals surface area contributed by atoms with E-state index in [1.54, 1.807) is 5.57 Å². The smallest absolute Gasteiger partial charge is 0.249 e. The minimum absolute atomic E-state index is 0.149. The van der Waals surface area contributed by atoms with Gasteiger partial charge in [-0.15, -0.1) is 0 Å². The number of carbonyl (C=O) groups is 2. The fourth-order valence-corrected chi connectivity index (χ4v) is 7.44. The maximum Gasteiger partial charge on any atom is 0.249 e. The van der Waals surface area contributed by atoms with Crippen molar-refractivity contribution in [3.63, 3.8) is 0 Å². The summed E-state index contributed by atoms with van der Waals surface area (Å²) in [6.45, 7) is 0. The second-order valence-electron chi connectivity index (χ2n) is 12.0. The molecular formula is C38H34N2O2. The number of fused-ring (bicyclic) bond motifs is 6. The quantitative estimate of drug-likeness (QED) is 0.219. The molecule has 4 heteroatoms. The van der Waals surface area contributed by atoms with E-state index in [-0.39, 0.29) is 11.8 Å². The summed E-state index contributed by atoms with van der Waals surface area (Å²) >= 11 is 0. The zero-order valence-electron chi connectivity index (χ0n) is 23.6. The van der Waals surface area contributed by atoms with Gasteiger partial charge in [0.25, 0.3) is 0 Å². The van der Waals surface area contributed by atoms with E-state index < -0.39 is 5.41 Å². The molecule has 4 nitrogen and oxygen atoms in total. The van der Waals surface area contributed by atoms with Gasteiger partial charge in [0.2, 0.25) is 11.8 Å². The highest BCUT2D eigenvalue weighted by molar-refractivity contribution is 6.19. The zero-order valence-corrected chi connectivity index (χ0v) is 23.6. The van der Waals surface area contributed by atoms with Crippen molar-refractivity contribution in [3.8, 4) is 0 Å². The Kier molecular flexibility index (Phi) is 6.42. The summed E-state index contributed by atoms with van der Waals surface area (Å²) in [6, 6.07) is 30.7. The summed E-state index contributed by atoms with van der Waals surface area (Å²) in [5.74, 6) is 0.0323. The molecule has 0 aliphatic heterocycles. The Morgan fingerprint density at radius 3 is 2.19 bits per heavy atom. The molecule has 208 valence electrons. The second-order valence-corrected chi connectivity index (χ2v) is 12.0. The van der Waals surface area contributed by atoms with Crippen molar-refractivity contribution >= 4 is 50.2 Å². The van der Waals surface area contributed by atoms with E-state index in [9.17, 15) is 9.59 Å². The molecule has 0 spiro atoms. The van der Waals surface area contributed by atoms with Crippen LogP contribution in [0.15, 0.2) is 108 Å². The highest BCUT2D eigenvalue weighted by Gasteiger charge is 2.47. The van der Waals surface area contributed by atoms with Gasteiger partial charge in [-0.25, -0.2) is 0 Å². The van der Waals surface area contributed by atoms with Crippen LogP contribution in [0, 0.1) is 11.3 Å². The Bertz CT molecular complexity index is 1960. The molecule has 1 fully saturated rings. The first-order chi connectivity index (χ1) is 20.4. The SMILES string of the molecule is NC(=O)C12Cc3ccccc3C=C1C=C1CCCCC1C2.NC(=O)c1c2ccccc2cc2cc3ccccc3cc12. The third-order valence-electron chi connectivity index (χ3n) is 9.59. The van der Waals surface area contributed by atoms with Crippen LogP contribution in [0.3, 0.4) is 0 Å². The van der Waals surface area contributed by atoms with Crippen molar-refractivity contribution in [2.75, 3.05) is 0 Å². The number of rotatable bonds is 2. The number of hydrogen-bond acceptors (Lipinski definition) is 2. The van der Waals surface area contributed by atoms with Crippen molar-refractivity contribution in [2.45, 2.75) is 38.5 Å². The van der Waals surface area contributed by atoms with Crippen molar-refractivity contribution in [1.29, 1.82) is 0 Å². The minimum Gasteiger partial charge on any atom is -0.369 e. The third-order valence-corrected chi connectivity index (χ3v) is 9.59. The molecule has 0 aromatic heterocycles. The summed E-state index contributed by atoms with van der Waals surface area (Å²) in [6.07, 6.45) is 11.2. The molecule has 5 aromatic rings. The molecule has 0 bridgehead atoms. The lowest BCUT2D eigenvalue weighted by Crippen LogP contribution is -2.45. The summed E-state index contributed by atoms with van der Waals surface area (Å²) in [4.78, 5) is 24.3. The molecule has 4 N–H and O–H groups in total. The molecule has 2 atom stereocenters. The van der Waals surface area contributed by atoms with Gasteiger partial charge in [-0.1, -0.05) is 96.9 Å². The highest BCUT2D eigenvalue weighted by Crippen LogP contribution is 2.51. The lowest BCUT2D eigenvalue weighted by molar-refractivity contribution is -0.126. The van der Waals surface area contributed by atoms with Crippen LogP contribution in [0.5, 0.6) is 0 Å². The van der Waals surface area contributed by atoms with E-state index in [0.29, 0.717) is 11.5 Å². The Labute approximate surface area is 245 Å². The average molecular weight is 551 g/mol. The van der Waals surface area contributed by atoms with E-state index in [0.717, 1.165) is 50.7 Å². The second kappa shape index (κ2) is 10.3. The van der Waals surface area contributed by atoms with Gasteiger partial charge >= 0.3 is 0 Å². The largest absolute Gasteiger partial charge is 0.369 e. The lowest BCUT2D eigenvalue weighted by Gasteiger charge is -2.44. The predicted molar refractivity (Wildman–Crippen MR) is 172 cm³/mol. The molecule has 42 heavy (non-hydrogen) atoms. The van der Waals surface area contributed by atoms with E-state index in [1.807, 2.05) is 36.4 Å². The number of nitrogens with two attached hydrogens (primary N) is 2. The molecule has 3 aliphatic carbocycles. The van der Waals surface area contributed by atoms with Gasteiger partial charge in [-0.05, 0) is 105 Å². The number of allylic oxidation sites excluding steroid dienone is 2. The molecule has 2 unspecified atom stereocenters. The monoisotopic (exact) mass is 550 g/mol. The molecule has 2 amide bonds. The summed E-state index contributed by atoms with van der Waals surface area (Å²) < 4.78 is 0. The molecule has 0 radical (unpaired) electrons. The van der Waals surface area contributed by atoms with Gasteiger partial charge in [0.05, 0.1) is 11.0 Å². The maximum atomic E-state index is 12.3. The van der Waals surface area contributed by atoms with Crippen LogP contribution < -0.4 is 11.5 Å². The summed E-state index contributed by atoms with van der Waals surface area (Å²) in [5.41, 5.74) is 16.9. The maximum absolute atomic E-state index is 12.3. The van der Waals surface area contributed by atoms with E-state index in [4.69, 9.17) is 11.5 Å². The van der Waals surface area contributed by atoms with Crippen LogP contribution in [-0.2, 0) is 11.2 Å². The van der Waals surface area contributed by atoms with Crippen LogP contribution in [0.1, 0.15) is 53.6 Å². The Hall–Kier alpha value is -4.70. The summed E-state index contributed by atoms with van der Waals surface area (Å²) in [5, 5.41) is 6.18. The first-order valence-corrected chi connectivity index (χ1v) is 14.9. The molecule has 5 aromatic carbocycles. The standard InChI is InChI=1S/C19H21NO.C19H13NO/c20-18(21)19-11-15-7-3-1-5-13(15)9-17(19)10-14-6-2-4-8-16(14)12-19;20-19(21)18-16-8-4-3-7-14(16)10-15-9-12-5-1-2-6-13(12)11-17(15)18/h1,3,5,7,9-10,16H,2,4,6,8,11-12H2,(H2,20,21);1-11H,(H2,20,21). The molecular weight excluding hydrogens is 516 g/mol. The van der Waals surface area contributed by atoms with Crippen molar-refractivity contribution in [3.05, 3.63) is 125 Å². The van der Waals surface area contributed by atoms with E-state index in [1.165, 1.54) is 36.8 Å². The van der Waals surface area contributed by atoms with Crippen LogP contribution in [0.4, 0.5) is 0 Å². The van der Waals surface area contributed by atoms with Crippen LogP contribution in [0.2, 0.25) is 0 Å². The minimum atomic E-state index is -0.472. The van der Waals surface area contributed by atoms with Gasteiger partial charge in [0.1, 0.15) is 0 Å². The van der Waals surface area contributed by atoms with Crippen molar-refractivity contribution in [1.82, 2.24) is 0 Å². The van der Waals surface area contributed by atoms with Gasteiger partial charge in [0, 0.05) is 0 Å². The normalized spacial score (nSPS) is 20.8. The molecule has 8 rings (SSSR count). The fourth-order valence-electron chi connectivity index (χ4n) is 7.44. The van der Waals surface area contributed by atoms with Crippen LogP contribution >= 0.6 is 0 Å². The Morgan fingerprint density at radius 1 is 0.714 bits per heavy atom. The number of hydrogen-bond donors (Lipinski definition) is 2. The number of primary amides is 2. The van der Waals surface area contributed by atoms with Gasteiger partial charge < -0.3 is 11.5 Å². The predicted octanol–water partition coefficient (Wildman–Crippen LogP) is 7.86. The van der Waals surface area contributed by atoms with Gasteiger partial charge in [0.15, 0.2) is 0 Å². The third kappa shape index (κ3) is 4.39. The Balaban J connectivity index is 0.000000137. The molecule has 0 heterocycles. The number of amides is 2. The van der Waals surface area contributed by atoms with Gasteiger partial charge in [-0.3, -0.25) is 9.59 Å². The highest BCUT2D eigenvalue weighted by atomic mass is 16.1. The molecule has 3 aliphatic rings. The topological polar surface area (TPSA) is 86.2 Å². The average Bonchev–Trinajstić information content (AvgIpc) is 3.00. The van der Waals surface area contributed by atoms with Crippen LogP contribution in [0.25, 0.3) is 38.4 Å². The fraction of sp³-hybridized carbons (Fsp3) is 0.211. The van der Waals surface area contributed by atoms with Gasteiger partial charge in [-0.2, -0.15) is 0 Å². The zero-order chi connectivity index (χ0) is 28.8. The number of carbonyl (C=O) groups excluding carboxylic acids is 2. The first-order valence-electron chi connectivity index (χ1n) is 14.9. The Morgan fingerprint density at radius 2 is 1.40 bits per heavy atom. The summed E-state index contributed by atoms with van der Waals surface area (Å²) in [7, 11) is 0. The lowest BCUT2D eigenvalue weighted by atomic mass is 9.59.